The summed E-state index contributed by atoms with van der Waals surface area (Å²) >= 11 is 0. The predicted molar refractivity (Wildman–Crippen MR) is 77.0 cm³/mol. The average molecular weight is 296 g/mol. The molecule has 0 radical (unpaired) electrons. The molecule has 20 heavy (non-hydrogen) atoms. The zero-order chi connectivity index (χ0) is 14.8. The van der Waals surface area contributed by atoms with Gasteiger partial charge in [0.05, 0.1) is 4.90 Å². The largest absolute Gasteiger partial charge is 0.349 e. The minimum absolute atomic E-state index is 0.113. The van der Waals surface area contributed by atoms with Gasteiger partial charge in [0.1, 0.15) is 0 Å². The minimum Gasteiger partial charge on any atom is -0.349 e. The quantitative estimate of drug-likeness (QED) is 0.838. The van der Waals surface area contributed by atoms with E-state index in [4.69, 9.17) is 0 Å². The van der Waals surface area contributed by atoms with Crippen molar-refractivity contribution in [1.82, 2.24) is 10.0 Å². The molecule has 1 aliphatic carbocycles. The molecule has 2 N–H and O–H groups in total. The molecule has 0 aliphatic heterocycles. The van der Waals surface area contributed by atoms with Crippen LogP contribution >= 0.6 is 0 Å². The van der Waals surface area contributed by atoms with Gasteiger partial charge in [-0.05, 0) is 50.5 Å². The molecule has 5 nitrogen and oxygen atoms in total. The van der Waals surface area contributed by atoms with E-state index < -0.39 is 10.0 Å². The Bertz CT molecular complexity index is 577. The van der Waals surface area contributed by atoms with E-state index in [1.807, 2.05) is 13.8 Å². The summed E-state index contributed by atoms with van der Waals surface area (Å²) in [7, 11) is -3.51. The lowest BCUT2D eigenvalue weighted by atomic mass is 10.2. The van der Waals surface area contributed by atoms with E-state index in [1.165, 1.54) is 12.1 Å². The van der Waals surface area contributed by atoms with Crippen molar-refractivity contribution >= 4 is 15.9 Å². The van der Waals surface area contributed by atoms with Crippen LogP contribution in [0.1, 0.15) is 43.5 Å². The summed E-state index contributed by atoms with van der Waals surface area (Å²) < 4.78 is 26.7. The fourth-order valence-electron chi connectivity index (χ4n) is 1.70. The molecule has 1 saturated carbocycles. The second-order valence-electron chi connectivity index (χ2n) is 5.20. The van der Waals surface area contributed by atoms with Gasteiger partial charge in [-0.2, -0.15) is 0 Å². The summed E-state index contributed by atoms with van der Waals surface area (Å²) in [5.41, 5.74) is 0.486. The van der Waals surface area contributed by atoms with Crippen molar-refractivity contribution in [3.8, 4) is 0 Å². The molecule has 1 aromatic rings. The molecule has 1 amide bonds. The van der Waals surface area contributed by atoms with Crippen molar-refractivity contribution in [2.45, 2.75) is 50.1 Å². The number of carbonyl (C=O) groups is 1. The van der Waals surface area contributed by atoms with Crippen LogP contribution in [-0.2, 0) is 10.0 Å². The van der Waals surface area contributed by atoms with Crippen LogP contribution in [0.25, 0.3) is 0 Å². The molecular formula is C14H20N2O3S. The highest BCUT2D eigenvalue weighted by Gasteiger charge is 2.24. The first-order valence-electron chi connectivity index (χ1n) is 6.85. The van der Waals surface area contributed by atoms with Gasteiger partial charge < -0.3 is 5.32 Å². The maximum Gasteiger partial charge on any atom is 0.251 e. The molecule has 6 heteroatoms. The lowest BCUT2D eigenvalue weighted by Crippen LogP contribution is -2.32. The summed E-state index contributed by atoms with van der Waals surface area (Å²) in [5, 5.41) is 2.87. The average Bonchev–Trinajstić information content (AvgIpc) is 3.22. The van der Waals surface area contributed by atoms with Crippen LogP contribution in [0.5, 0.6) is 0 Å². The molecule has 0 bridgehead atoms. The Hall–Kier alpha value is -1.40. The molecule has 0 heterocycles. The molecular weight excluding hydrogens is 276 g/mol. The Kier molecular flexibility index (Phi) is 4.45. The number of hydrogen-bond acceptors (Lipinski definition) is 3. The summed E-state index contributed by atoms with van der Waals surface area (Å²) in [6.07, 6.45) is 2.77. The van der Waals surface area contributed by atoms with Gasteiger partial charge in [0.2, 0.25) is 10.0 Å². The molecule has 0 unspecified atom stereocenters. The number of sulfonamides is 1. The number of benzene rings is 1. The zero-order valence-electron chi connectivity index (χ0n) is 11.7. The van der Waals surface area contributed by atoms with Crippen LogP contribution in [0.15, 0.2) is 29.2 Å². The normalized spacial score (nSPS) is 16.7. The molecule has 110 valence electrons. The Morgan fingerprint density at radius 3 is 2.40 bits per heavy atom. The smallest absolute Gasteiger partial charge is 0.251 e. The maximum absolute atomic E-state index is 12.1. The molecule has 0 spiro atoms. The second-order valence-corrected chi connectivity index (χ2v) is 6.92. The van der Waals surface area contributed by atoms with Gasteiger partial charge >= 0.3 is 0 Å². The SMILES string of the molecule is CC[C@@H](C)NS(=O)(=O)c1ccc(C(=O)NC2CC2)cc1. The van der Waals surface area contributed by atoms with Gasteiger partial charge in [-0.3, -0.25) is 4.79 Å². The van der Waals surface area contributed by atoms with Gasteiger partial charge in [0.25, 0.3) is 5.91 Å². The van der Waals surface area contributed by atoms with Gasteiger partial charge in [-0.15, -0.1) is 0 Å². The van der Waals surface area contributed by atoms with Crippen LogP contribution in [0.2, 0.25) is 0 Å². The van der Waals surface area contributed by atoms with Crippen molar-refractivity contribution in [2.75, 3.05) is 0 Å². The van der Waals surface area contributed by atoms with E-state index in [2.05, 4.69) is 10.0 Å². The van der Waals surface area contributed by atoms with Crippen LogP contribution in [-0.4, -0.2) is 26.4 Å². The minimum atomic E-state index is -3.51. The zero-order valence-corrected chi connectivity index (χ0v) is 12.5. The van der Waals surface area contributed by atoms with Crippen LogP contribution in [0.3, 0.4) is 0 Å². The van der Waals surface area contributed by atoms with E-state index in [0.717, 1.165) is 19.3 Å². The highest BCUT2D eigenvalue weighted by Crippen LogP contribution is 2.19. The third-order valence-corrected chi connectivity index (χ3v) is 4.91. The monoisotopic (exact) mass is 296 g/mol. The number of carbonyl (C=O) groups excluding carboxylic acids is 1. The molecule has 0 aromatic heterocycles. The Morgan fingerprint density at radius 1 is 1.30 bits per heavy atom. The molecule has 1 aromatic carbocycles. The molecule has 0 saturated heterocycles. The van der Waals surface area contributed by atoms with Crippen molar-refractivity contribution in [1.29, 1.82) is 0 Å². The summed E-state index contributed by atoms with van der Waals surface area (Å²) in [4.78, 5) is 12.0. The third-order valence-electron chi connectivity index (χ3n) is 3.31. The lowest BCUT2D eigenvalue weighted by molar-refractivity contribution is 0.0951. The summed E-state index contributed by atoms with van der Waals surface area (Å²) in [6.45, 7) is 3.73. The second kappa shape index (κ2) is 5.93. The maximum atomic E-state index is 12.1. The van der Waals surface area contributed by atoms with Crippen LogP contribution in [0.4, 0.5) is 0 Å². The number of rotatable bonds is 6. The Labute approximate surface area is 119 Å². The third kappa shape index (κ3) is 3.80. The van der Waals surface area contributed by atoms with Gasteiger partial charge in [0, 0.05) is 17.6 Å². The highest BCUT2D eigenvalue weighted by atomic mass is 32.2. The van der Waals surface area contributed by atoms with Crippen LogP contribution in [0, 0.1) is 0 Å². The number of nitrogens with one attached hydrogen (secondary N) is 2. The molecule has 1 atom stereocenters. The lowest BCUT2D eigenvalue weighted by Gasteiger charge is -2.12. The fourth-order valence-corrected chi connectivity index (χ4v) is 3.02. The van der Waals surface area contributed by atoms with Gasteiger partial charge in [-0.1, -0.05) is 6.92 Å². The van der Waals surface area contributed by atoms with Gasteiger partial charge in [-0.25, -0.2) is 13.1 Å². The Balaban J connectivity index is 2.08. The van der Waals surface area contributed by atoms with E-state index >= 15 is 0 Å². The van der Waals surface area contributed by atoms with E-state index in [9.17, 15) is 13.2 Å². The van der Waals surface area contributed by atoms with Gasteiger partial charge in [0.15, 0.2) is 0 Å². The van der Waals surface area contributed by atoms with Crippen molar-refractivity contribution in [3.05, 3.63) is 29.8 Å². The van der Waals surface area contributed by atoms with E-state index in [-0.39, 0.29) is 22.9 Å². The molecule has 2 rings (SSSR count). The first-order valence-corrected chi connectivity index (χ1v) is 8.34. The van der Waals surface area contributed by atoms with Crippen molar-refractivity contribution < 1.29 is 13.2 Å². The van der Waals surface area contributed by atoms with Crippen LogP contribution < -0.4 is 10.0 Å². The molecule has 1 fully saturated rings. The Morgan fingerprint density at radius 2 is 1.90 bits per heavy atom. The topological polar surface area (TPSA) is 75.3 Å². The first-order chi connectivity index (χ1) is 9.42. The standard InChI is InChI=1S/C14H20N2O3S/c1-3-10(2)16-20(18,19)13-8-4-11(5-9-13)14(17)15-12-6-7-12/h4-5,8-10,12,16H,3,6-7H2,1-2H3,(H,15,17)/t10-/m1/s1. The summed E-state index contributed by atoms with van der Waals surface area (Å²) in [6, 6.07) is 6.20. The van der Waals surface area contributed by atoms with Crippen molar-refractivity contribution in [3.63, 3.8) is 0 Å². The fraction of sp³-hybridized carbons (Fsp3) is 0.500. The number of amides is 1. The number of hydrogen-bond donors (Lipinski definition) is 2. The highest BCUT2D eigenvalue weighted by molar-refractivity contribution is 7.89. The predicted octanol–water partition coefficient (Wildman–Crippen LogP) is 1.66. The van der Waals surface area contributed by atoms with Crippen molar-refractivity contribution in [2.24, 2.45) is 0 Å². The first kappa shape index (κ1) is 15.0. The van der Waals surface area contributed by atoms with E-state index in [0.29, 0.717) is 5.56 Å². The summed E-state index contributed by atoms with van der Waals surface area (Å²) in [5.74, 6) is -0.147. The molecule has 1 aliphatic rings. The van der Waals surface area contributed by atoms with E-state index in [1.54, 1.807) is 12.1 Å².